The Labute approximate surface area is 130 Å². The van der Waals surface area contributed by atoms with E-state index in [0.29, 0.717) is 23.9 Å². The van der Waals surface area contributed by atoms with Gasteiger partial charge >= 0.3 is 0 Å². The van der Waals surface area contributed by atoms with Crippen molar-refractivity contribution < 1.29 is 14.3 Å². The van der Waals surface area contributed by atoms with Crippen molar-refractivity contribution in [2.75, 3.05) is 20.3 Å². The first-order chi connectivity index (χ1) is 9.95. The average Bonchev–Trinajstić information content (AvgIpc) is 2.44. The van der Waals surface area contributed by atoms with Gasteiger partial charge in [0.15, 0.2) is 6.10 Å². The van der Waals surface area contributed by atoms with Crippen molar-refractivity contribution in [2.24, 2.45) is 5.73 Å². The Balaban J connectivity index is 2.61. The Morgan fingerprint density at radius 2 is 2.14 bits per heavy atom. The summed E-state index contributed by atoms with van der Waals surface area (Å²) in [6, 6.07) is 4.97. The van der Waals surface area contributed by atoms with Gasteiger partial charge in [0.25, 0.3) is 5.91 Å². The van der Waals surface area contributed by atoms with Gasteiger partial charge in [0.1, 0.15) is 5.75 Å². The molecule has 1 aromatic carbocycles. The second-order valence-corrected chi connectivity index (χ2v) is 5.30. The Hall–Kier alpha value is -1.30. The number of rotatable bonds is 8. The highest BCUT2D eigenvalue weighted by Crippen LogP contribution is 2.28. The summed E-state index contributed by atoms with van der Waals surface area (Å²) in [6.45, 7) is 4.71. The summed E-state index contributed by atoms with van der Waals surface area (Å²) in [7, 11) is 1.63. The van der Waals surface area contributed by atoms with Gasteiger partial charge in [-0.3, -0.25) is 4.79 Å². The molecule has 1 rings (SSSR count). The van der Waals surface area contributed by atoms with Crippen molar-refractivity contribution in [3.8, 4) is 5.75 Å². The maximum absolute atomic E-state index is 11.9. The van der Waals surface area contributed by atoms with Crippen LogP contribution in [0.25, 0.3) is 0 Å². The standard InChI is InChI=1S/C15H23ClN2O3/c1-10(17)13-9-12(16)5-6-14(13)21-11(2)15(19)18-7-4-8-20-3/h5-6,9-11H,4,7-8,17H2,1-3H3,(H,18,19)/t10-,11?/m1/s1. The number of amides is 1. The van der Waals surface area contributed by atoms with E-state index in [0.717, 1.165) is 12.0 Å². The van der Waals surface area contributed by atoms with Crippen molar-refractivity contribution in [1.29, 1.82) is 0 Å². The van der Waals surface area contributed by atoms with Gasteiger partial charge in [0.2, 0.25) is 0 Å². The number of methoxy groups -OCH3 is 1. The molecular weight excluding hydrogens is 292 g/mol. The molecule has 0 aliphatic carbocycles. The number of hydrogen-bond acceptors (Lipinski definition) is 4. The van der Waals surface area contributed by atoms with E-state index in [4.69, 9.17) is 26.8 Å². The third kappa shape index (κ3) is 5.91. The zero-order valence-corrected chi connectivity index (χ0v) is 13.4. The SMILES string of the molecule is COCCCNC(=O)C(C)Oc1ccc(Cl)cc1[C@@H](C)N. The van der Waals surface area contributed by atoms with Crippen LogP contribution in [0.2, 0.25) is 5.02 Å². The molecule has 3 N–H and O–H groups in total. The minimum absolute atomic E-state index is 0.170. The van der Waals surface area contributed by atoms with Crippen LogP contribution in [-0.4, -0.2) is 32.3 Å². The second kappa shape index (κ2) is 8.87. The summed E-state index contributed by atoms with van der Waals surface area (Å²) in [6.07, 6.45) is 0.160. The minimum atomic E-state index is -0.605. The van der Waals surface area contributed by atoms with Crippen LogP contribution in [0.3, 0.4) is 0 Å². The van der Waals surface area contributed by atoms with Gasteiger partial charge in [0.05, 0.1) is 0 Å². The molecule has 5 nitrogen and oxygen atoms in total. The molecule has 1 amide bonds. The van der Waals surface area contributed by atoms with E-state index in [1.54, 1.807) is 32.2 Å². The molecule has 2 atom stereocenters. The summed E-state index contributed by atoms with van der Waals surface area (Å²) >= 11 is 5.96. The van der Waals surface area contributed by atoms with Crippen LogP contribution < -0.4 is 15.8 Å². The van der Waals surface area contributed by atoms with Crippen molar-refractivity contribution in [2.45, 2.75) is 32.4 Å². The molecule has 0 aromatic heterocycles. The van der Waals surface area contributed by atoms with Gasteiger partial charge in [-0.1, -0.05) is 11.6 Å². The molecule has 0 fully saturated rings. The van der Waals surface area contributed by atoms with E-state index in [-0.39, 0.29) is 11.9 Å². The summed E-state index contributed by atoms with van der Waals surface area (Å²) in [4.78, 5) is 11.9. The topological polar surface area (TPSA) is 73.6 Å². The lowest BCUT2D eigenvalue weighted by molar-refractivity contribution is -0.127. The molecule has 0 bridgehead atoms. The highest BCUT2D eigenvalue weighted by Gasteiger charge is 2.17. The number of benzene rings is 1. The van der Waals surface area contributed by atoms with Crippen LogP contribution >= 0.6 is 11.6 Å². The summed E-state index contributed by atoms with van der Waals surface area (Å²) < 4.78 is 10.6. The van der Waals surface area contributed by atoms with Crippen LogP contribution in [0.1, 0.15) is 31.9 Å². The Morgan fingerprint density at radius 1 is 1.43 bits per heavy atom. The first-order valence-corrected chi connectivity index (χ1v) is 7.31. The van der Waals surface area contributed by atoms with Crippen LogP contribution in [0.4, 0.5) is 0 Å². The first kappa shape index (κ1) is 17.8. The number of carbonyl (C=O) groups is 1. The molecule has 1 aromatic rings. The van der Waals surface area contributed by atoms with Crippen LogP contribution in [0, 0.1) is 0 Å². The monoisotopic (exact) mass is 314 g/mol. The molecule has 1 unspecified atom stereocenters. The molecule has 0 heterocycles. The van der Waals surface area contributed by atoms with E-state index in [9.17, 15) is 4.79 Å². The van der Waals surface area contributed by atoms with E-state index in [1.165, 1.54) is 0 Å². The van der Waals surface area contributed by atoms with Gasteiger partial charge in [-0.05, 0) is 38.5 Å². The van der Waals surface area contributed by atoms with Crippen LogP contribution in [0.5, 0.6) is 5.75 Å². The predicted molar refractivity (Wildman–Crippen MR) is 83.6 cm³/mol. The fourth-order valence-electron chi connectivity index (χ4n) is 1.80. The Morgan fingerprint density at radius 3 is 2.76 bits per heavy atom. The third-order valence-corrected chi connectivity index (χ3v) is 3.19. The smallest absolute Gasteiger partial charge is 0.260 e. The van der Waals surface area contributed by atoms with Gasteiger partial charge in [0, 0.05) is 36.9 Å². The Kier molecular flexibility index (Phi) is 7.50. The Bertz CT molecular complexity index is 466. The maximum Gasteiger partial charge on any atom is 0.260 e. The lowest BCUT2D eigenvalue weighted by atomic mass is 10.1. The number of ether oxygens (including phenoxy) is 2. The molecule has 0 saturated heterocycles. The molecule has 0 spiro atoms. The van der Waals surface area contributed by atoms with Gasteiger partial charge in [-0.25, -0.2) is 0 Å². The summed E-state index contributed by atoms with van der Waals surface area (Å²) in [5, 5.41) is 3.39. The maximum atomic E-state index is 11.9. The number of nitrogens with two attached hydrogens (primary N) is 1. The fourth-order valence-corrected chi connectivity index (χ4v) is 1.98. The molecule has 6 heteroatoms. The van der Waals surface area contributed by atoms with Crippen molar-refractivity contribution >= 4 is 17.5 Å². The lowest BCUT2D eigenvalue weighted by Gasteiger charge is -2.19. The van der Waals surface area contributed by atoms with Gasteiger partial charge in [-0.15, -0.1) is 0 Å². The molecule has 118 valence electrons. The van der Waals surface area contributed by atoms with Crippen molar-refractivity contribution in [1.82, 2.24) is 5.32 Å². The number of carbonyl (C=O) groups excluding carboxylic acids is 1. The van der Waals surface area contributed by atoms with Gasteiger partial charge < -0.3 is 20.5 Å². The third-order valence-electron chi connectivity index (χ3n) is 2.96. The van der Waals surface area contributed by atoms with Gasteiger partial charge in [-0.2, -0.15) is 0 Å². The second-order valence-electron chi connectivity index (χ2n) is 4.87. The number of nitrogens with one attached hydrogen (secondary N) is 1. The lowest BCUT2D eigenvalue weighted by Crippen LogP contribution is -2.37. The molecular formula is C15H23ClN2O3. The quantitative estimate of drug-likeness (QED) is 0.722. The zero-order valence-electron chi connectivity index (χ0n) is 12.7. The minimum Gasteiger partial charge on any atom is -0.481 e. The molecule has 0 aliphatic heterocycles. The predicted octanol–water partition coefficient (Wildman–Crippen LogP) is 2.28. The largest absolute Gasteiger partial charge is 0.481 e. The average molecular weight is 315 g/mol. The highest BCUT2D eigenvalue weighted by molar-refractivity contribution is 6.30. The molecule has 21 heavy (non-hydrogen) atoms. The first-order valence-electron chi connectivity index (χ1n) is 6.94. The highest BCUT2D eigenvalue weighted by atomic mass is 35.5. The van der Waals surface area contributed by atoms with E-state index < -0.39 is 6.10 Å². The van der Waals surface area contributed by atoms with E-state index in [1.807, 2.05) is 6.92 Å². The molecule has 0 radical (unpaired) electrons. The molecule has 0 aliphatic rings. The summed E-state index contributed by atoms with van der Waals surface area (Å²) in [5.41, 5.74) is 6.67. The number of hydrogen-bond donors (Lipinski definition) is 2. The van der Waals surface area contributed by atoms with Crippen LogP contribution in [-0.2, 0) is 9.53 Å². The van der Waals surface area contributed by atoms with Crippen molar-refractivity contribution in [3.63, 3.8) is 0 Å². The normalized spacial score (nSPS) is 13.6. The number of halogens is 1. The fraction of sp³-hybridized carbons (Fsp3) is 0.533. The summed E-state index contributed by atoms with van der Waals surface area (Å²) in [5.74, 6) is 0.408. The zero-order chi connectivity index (χ0) is 15.8. The van der Waals surface area contributed by atoms with E-state index in [2.05, 4.69) is 5.32 Å². The van der Waals surface area contributed by atoms with Crippen molar-refractivity contribution in [3.05, 3.63) is 28.8 Å². The van der Waals surface area contributed by atoms with Crippen LogP contribution in [0.15, 0.2) is 18.2 Å². The van der Waals surface area contributed by atoms with E-state index >= 15 is 0 Å². The molecule has 0 saturated carbocycles.